The third-order valence-electron chi connectivity index (χ3n) is 4.68. The lowest BCUT2D eigenvalue weighted by Gasteiger charge is -2.12. The van der Waals surface area contributed by atoms with E-state index in [2.05, 4.69) is 15.5 Å². The van der Waals surface area contributed by atoms with Crippen LogP contribution < -0.4 is 14.8 Å². The van der Waals surface area contributed by atoms with E-state index in [1.807, 2.05) is 53.3 Å². The van der Waals surface area contributed by atoms with Crippen LogP contribution in [-0.2, 0) is 4.79 Å². The van der Waals surface area contributed by atoms with Gasteiger partial charge in [0.05, 0.1) is 30.5 Å². The fourth-order valence-electron chi connectivity index (χ4n) is 3.07. The summed E-state index contributed by atoms with van der Waals surface area (Å²) in [5.74, 6) is 1.94. The van der Waals surface area contributed by atoms with Crippen molar-refractivity contribution in [2.45, 2.75) is 12.1 Å². The van der Waals surface area contributed by atoms with Gasteiger partial charge in [0.15, 0.2) is 11.0 Å². The summed E-state index contributed by atoms with van der Waals surface area (Å²) in [6, 6.07) is 17.4. The van der Waals surface area contributed by atoms with Crippen molar-refractivity contribution in [3.05, 3.63) is 65.5 Å². The second kappa shape index (κ2) is 9.88. The summed E-state index contributed by atoms with van der Waals surface area (Å²) >= 11 is 2.93. The minimum absolute atomic E-state index is 0.170. The number of anilines is 1. The molecule has 9 heteroatoms. The molecular formula is C23H22N4O3S2. The number of ether oxygens (including phenoxy) is 2. The Morgan fingerprint density at radius 1 is 1.09 bits per heavy atom. The summed E-state index contributed by atoms with van der Waals surface area (Å²) in [5.41, 5.74) is 2.70. The number of thiophene rings is 1. The van der Waals surface area contributed by atoms with Gasteiger partial charge in [0.1, 0.15) is 11.5 Å². The molecule has 0 spiro atoms. The number of nitrogens with one attached hydrogen (secondary N) is 1. The number of methoxy groups -OCH3 is 2. The SMILES string of the molecule is COc1ccc(NC(=O)CSc2nnc(-c3cccs3)n2-c2ccc(C)cc2)c(OC)c1. The molecule has 2 aromatic heterocycles. The number of thioether (sulfide) groups is 1. The Hall–Kier alpha value is -3.30. The molecule has 1 amide bonds. The predicted molar refractivity (Wildman–Crippen MR) is 128 cm³/mol. The Morgan fingerprint density at radius 2 is 1.91 bits per heavy atom. The molecule has 0 radical (unpaired) electrons. The number of aryl methyl sites for hydroxylation is 1. The molecule has 0 aliphatic heterocycles. The monoisotopic (exact) mass is 466 g/mol. The topological polar surface area (TPSA) is 78.3 Å². The molecule has 0 saturated carbocycles. The van der Waals surface area contributed by atoms with Gasteiger partial charge in [-0.05, 0) is 42.6 Å². The van der Waals surface area contributed by atoms with Crippen molar-refractivity contribution in [2.24, 2.45) is 0 Å². The van der Waals surface area contributed by atoms with Gasteiger partial charge >= 0.3 is 0 Å². The Morgan fingerprint density at radius 3 is 2.59 bits per heavy atom. The van der Waals surface area contributed by atoms with E-state index in [-0.39, 0.29) is 11.7 Å². The van der Waals surface area contributed by atoms with Crippen LogP contribution in [0.1, 0.15) is 5.56 Å². The molecule has 2 heterocycles. The van der Waals surface area contributed by atoms with Crippen LogP contribution in [-0.4, -0.2) is 40.6 Å². The van der Waals surface area contributed by atoms with E-state index in [1.165, 1.54) is 17.3 Å². The van der Waals surface area contributed by atoms with Crippen LogP contribution in [0.5, 0.6) is 11.5 Å². The van der Waals surface area contributed by atoms with Gasteiger partial charge in [-0.2, -0.15) is 0 Å². The summed E-state index contributed by atoms with van der Waals surface area (Å²) in [6.45, 7) is 2.05. The minimum atomic E-state index is -0.172. The molecule has 4 rings (SSSR count). The predicted octanol–water partition coefficient (Wildman–Crippen LogP) is 5.05. The number of hydrogen-bond donors (Lipinski definition) is 1. The number of rotatable bonds is 8. The first-order valence-electron chi connectivity index (χ1n) is 9.80. The zero-order valence-electron chi connectivity index (χ0n) is 17.9. The van der Waals surface area contributed by atoms with E-state index in [1.54, 1.807) is 43.8 Å². The molecule has 0 unspecified atom stereocenters. The maximum Gasteiger partial charge on any atom is 0.234 e. The molecule has 7 nitrogen and oxygen atoms in total. The lowest BCUT2D eigenvalue weighted by atomic mass is 10.2. The third kappa shape index (κ3) is 4.79. The molecule has 0 bridgehead atoms. The molecule has 0 atom stereocenters. The molecular weight excluding hydrogens is 444 g/mol. The fourth-order valence-corrected chi connectivity index (χ4v) is 4.52. The lowest BCUT2D eigenvalue weighted by Crippen LogP contribution is -2.15. The van der Waals surface area contributed by atoms with Gasteiger partial charge < -0.3 is 14.8 Å². The average Bonchev–Trinajstić information content (AvgIpc) is 3.48. The minimum Gasteiger partial charge on any atom is -0.497 e. The molecule has 2 aromatic carbocycles. The third-order valence-corrected chi connectivity index (χ3v) is 6.48. The first-order valence-corrected chi connectivity index (χ1v) is 11.7. The van der Waals surface area contributed by atoms with Crippen molar-refractivity contribution in [3.63, 3.8) is 0 Å². The van der Waals surface area contributed by atoms with E-state index in [4.69, 9.17) is 9.47 Å². The average molecular weight is 467 g/mol. The highest BCUT2D eigenvalue weighted by atomic mass is 32.2. The summed E-state index contributed by atoms with van der Waals surface area (Å²) in [6.07, 6.45) is 0. The van der Waals surface area contributed by atoms with Crippen LogP contribution in [0, 0.1) is 6.92 Å². The van der Waals surface area contributed by atoms with Crippen molar-refractivity contribution >= 4 is 34.7 Å². The Labute approximate surface area is 194 Å². The molecule has 32 heavy (non-hydrogen) atoms. The van der Waals surface area contributed by atoms with Gasteiger partial charge in [-0.1, -0.05) is 35.5 Å². The van der Waals surface area contributed by atoms with Crippen molar-refractivity contribution in [1.82, 2.24) is 14.8 Å². The molecule has 1 N–H and O–H groups in total. The Bertz CT molecular complexity index is 1200. The molecule has 0 aliphatic carbocycles. The zero-order chi connectivity index (χ0) is 22.5. The van der Waals surface area contributed by atoms with Crippen LogP contribution >= 0.6 is 23.1 Å². The standard InChI is InChI=1S/C23H22N4O3S2/c1-15-6-8-16(9-7-15)27-22(20-5-4-12-31-20)25-26-23(27)32-14-21(28)24-18-11-10-17(29-2)13-19(18)30-3/h4-13H,14H2,1-3H3,(H,24,28). The largest absolute Gasteiger partial charge is 0.497 e. The van der Waals surface area contributed by atoms with Gasteiger partial charge in [-0.3, -0.25) is 9.36 Å². The second-order valence-electron chi connectivity index (χ2n) is 6.86. The Kier molecular flexibility index (Phi) is 6.77. The number of benzene rings is 2. The summed E-state index contributed by atoms with van der Waals surface area (Å²) in [4.78, 5) is 13.7. The van der Waals surface area contributed by atoms with Gasteiger partial charge in [0, 0.05) is 11.8 Å². The molecule has 0 aliphatic rings. The van der Waals surface area contributed by atoms with Crippen LogP contribution in [0.15, 0.2) is 65.1 Å². The second-order valence-corrected chi connectivity index (χ2v) is 8.75. The molecule has 4 aromatic rings. The van der Waals surface area contributed by atoms with Crippen LogP contribution in [0.25, 0.3) is 16.4 Å². The van der Waals surface area contributed by atoms with Gasteiger partial charge in [0.2, 0.25) is 5.91 Å². The van der Waals surface area contributed by atoms with Crippen molar-refractivity contribution in [2.75, 3.05) is 25.3 Å². The molecule has 0 saturated heterocycles. The number of carbonyl (C=O) groups is 1. The number of nitrogens with zero attached hydrogens (tertiary/aromatic N) is 3. The maximum atomic E-state index is 12.7. The van der Waals surface area contributed by atoms with Crippen LogP contribution in [0.2, 0.25) is 0 Å². The van der Waals surface area contributed by atoms with Gasteiger partial charge in [-0.25, -0.2) is 0 Å². The number of carbonyl (C=O) groups excluding carboxylic acids is 1. The van der Waals surface area contributed by atoms with Crippen molar-refractivity contribution in [1.29, 1.82) is 0 Å². The van der Waals surface area contributed by atoms with Crippen molar-refractivity contribution in [3.8, 4) is 27.9 Å². The van der Waals surface area contributed by atoms with Crippen LogP contribution in [0.4, 0.5) is 5.69 Å². The number of aromatic nitrogens is 3. The highest BCUT2D eigenvalue weighted by Crippen LogP contribution is 2.32. The fraction of sp³-hybridized carbons (Fsp3) is 0.174. The highest BCUT2D eigenvalue weighted by Gasteiger charge is 2.18. The van der Waals surface area contributed by atoms with Crippen LogP contribution in [0.3, 0.4) is 0 Å². The Balaban J connectivity index is 1.55. The number of hydrogen-bond acceptors (Lipinski definition) is 7. The quantitative estimate of drug-likeness (QED) is 0.366. The van der Waals surface area contributed by atoms with Gasteiger partial charge in [0.25, 0.3) is 0 Å². The maximum absolute atomic E-state index is 12.7. The summed E-state index contributed by atoms with van der Waals surface area (Å²) in [7, 11) is 3.13. The zero-order valence-corrected chi connectivity index (χ0v) is 19.5. The smallest absolute Gasteiger partial charge is 0.234 e. The molecule has 0 fully saturated rings. The van der Waals surface area contributed by atoms with Gasteiger partial charge in [-0.15, -0.1) is 21.5 Å². The first-order chi connectivity index (χ1) is 15.6. The normalized spacial score (nSPS) is 10.7. The van der Waals surface area contributed by atoms with E-state index in [0.29, 0.717) is 22.3 Å². The van der Waals surface area contributed by atoms with E-state index >= 15 is 0 Å². The summed E-state index contributed by atoms with van der Waals surface area (Å²) in [5, 5.41) is 14.3. The highest BCUT2D eigenvalue weighted by molar-refractivity contribution is 7.99. The first kappa shape index (κ1) is 21.9. The molecule has 164 valence electrons. The van der Waals surface area contributed by atoms with E-state index in [0.717, 1.165) is 16.4 Å². The van der Waals surface area contributed by atoms with Crippen molar-refractivity contribution < 1.29 is 14.3 Å². The number of amides is 1. The van der Waals surface area contributed by atoms with E-state index < -0.39 is 0 Å². The lowest BCUT2D eigenvalue weighted by molar-refractivity contribution is -0.113. The summed E-state index contributed by atoms with van der Waals surface area (Å²) < 4.78 is 12.5. The van der Waals surface area contributed by atoms with E-state index in [9.17, 15) is 4.79 Å².